The van der Waals surface area contributed by atoms with Crippen LogP contribution in [0.3, 0.4) is 0 Å². The van der Waals surface area contributed by atoms with Gasteiger partial charge in [0.05, 0.1) is 6.61 Å². The fraction of sp³-hybridized carbons (Fsp3) is 0.667. The third-order valence-corrected chi connectivity index (χ3v) is 9.06. The van der Waals surface area contributed by atoms with Crippen LogP contribution in [0.5, 0.6) is 0 Å². The Labute approximate surface area is 196 Å². The highest BCUT2D eigenvalue weighted by molar-refractivity contribution is 8.04. The average Bonchev–Trinajstić information content (AvgIpc) is 3.44. The van der Waals surface area contributed by atoms with E-state index in [2.05, 4.69) is 20.8 Å². The van der Waals surface area contributed by atoms with E-state index in [9.17, 15) is 15.0 Å². The first-order valence-corrected chi connectivity index (χ1v) is 13.1. The van der Waals surface area contributed by atoms with Crippen LogP contribution in [0.2, 0.25) is 0 Å². The molecule has 2 N–H and O–H groups in total. The molecule has 0 spiro atoms. The average molecular weight is 459 g/mol. The van der Waals surface area contributed by atoms with E-state index >= 15 is 0 Å². The summed E-state index contributed by atoms with van der Waals surface area (Å²) in [5, 5.41) is 21.0. The van der Waals surface area contributed by atoms with Crippen LogP contribution in [-0.2, 0) is 21.6 Å². The van der Waals surface area contributed by atoms with Gasteiger partial charge in [-0.15, -0.1) is 0 Å². The number of aliphatic hydroxyl groups excluding tert-OH is 2. The number of esters is 1. The lowest BCUT2D eigenvalue weighted by Crippen LogP contribution is -2.50. The van der Waals surface area contributed by atoms with Crippen LogP contribution in [0.15, 0.2) is 27.7 Å². The normalized spacial score (nSPS) is 22.6. The van der Waals surface area contributed by atoms with E-state index < -0.39 is 5.60 Å². The summed E-state index contributed by atoms with van der Waals surface area (Å²) in [6.07, 6.45) is 9.58. The summed E-state index contributed by atoms with van der Waals surface area (Å²) in [5.74, 6) is 0.564. The quantitative estimate of drug-likeness (QED) is 0.480. The molecule has 0 saturated heterocycles. The third kappa shape index (κ3) is 4.35. The number of carbonyl (C=O) groups is 1. The molecular weight excluding hydrogens is 420 g/mol. The molecule has 32 heavy (non-hydrogen) atoms. The van der Waals surface area contributed by atoms with Gasteiger partial charge < -0.3 is 14.9 Å². The Morgan fingerprint density at radius 2 is 1.62 bits per heavy atom. The molecule has 0 aromatic heterocycles. The molecule has 2 fully saturated rings. The summed E-state index contributed by atoms with van der Waals surface area (Å²) in [4.78, 5) is 14.7. The largest absolute Gasteiger partial charge is 0.511 e. The minimum atomic E-state index is -0.526. The maximum absolute atomic E-state index is 13.4. The van der Waals surface area contributed by atoms with Crippen molar-refractivity contribution in [2.75, 3.05) is 0 Å². The van der Waals surface area contributed by atoms with E-state index in [1.807, 2.05) is 19.1 Å². The van der Waals surface area contributed by atoms with Crippen molar-refractivity contribution >= 4 is 17.7 Å². The van der Waals surface area contributed by atoms with Gasteiger partial charge in [0.2, 0.25) is 0 Å². The van der Waals surface area contributed by atoms with Crippen molar-refractivity contribution < 1.29 is 19.7 Å². The Morgan fingerprint density at radius 1 is 1.06 bits per heavy atom. The molecule has 1 aromatic carbocycles. The summed E-state index contributed by atoms with van der Waals surface area (Å²) in [6, 6.07) is 4.06. The Hall–Kier alpha value is -1.46. The molecule has 0 unspecified atom stereocenters. The maximum atomic E-state index is 13.4. The fourth-order valence-corrected chi connectivity index (χ4v) is 7.36. The van der Waals surface area contributed by atoms with Crippen molar-refractivity contribution in [2.45, 2.75) is 108 Å². The molecule has 0 bridgehead atoms. The van der Waals surface area contributed by atoms with Gasteiger partial charge in [-0.25, -0.2) is 4.79 Å². The zero-order valence-corrected chi connectivity index (χ0v) is 20.8. The van der Waals surface area contributed by atoms with Crippen LogP contribution in [0.4, 0.5) is 0 Å². The van der Waals surface area contributed by atoms with Gasteiger partial charge in [0.25, 0.3) is 0 Å². The SMILES string of the molecule is Cc1cc(SC2=C(O)CC(C3CCCC3)(C3CCCC3)OC2=O)c(C(C)(C)C)cc1CO. The second kappa shape index (κ2) is 9.06. The summed E-state index contributed by atoms with van der Waals surface area (Å²) in [6.45, 7) is 8.34. The van der Waals surface area contributed by atoms with Gasteiger partial charge in [-0.2, -0.15) is 0 Å². The predicted molar refractivity (Wildman–Crippen MR) is 129 cm³/mol. The first-order chi connectivity index (χ1) is 15.2. The molecular formula is C27H38O4S. The second-order valence-corrected chi connectivity index (χ2v) is 12.1. The Kier molecular flexibility index (Phi) is 6.71. The van der Waals surface area contributed by atoms with Crippen molar-refractivity contribution in [3.63, 3.8) is 0 Å². The lowest BCUT2D eigenvalue weighted by molar-refractivity contribution is -0.174. The second-order valence-electron chi connectivity index (χ2n) is 11.0. The topological polar surface area (TPSA) is 66.8 Å². The molecule has 1 aliphatic heterocycles. The standard InChI is InChI=1S/C27H38O4S/c1-17-13-23(21(26(2,3)4)14-18(17)16-28)32-24-22(29)15-27(31-25(24)30,19-9-5-6-10-19)20-11-7-8-12-20/h13-14,19-20,28-29H,5-12,15-16H2,1-4H3. The number of rotatable bonds is 5. The molecule has 1 heterocycles. The van der Waals surface area contributed by atoms with Gasteiger partial charge in [0.15, 0.2) is 0 Å². The number of aryl methyl sites for hydroxylation is 1. The van der Waals surface area contributed by atoms with Crippen LogP contribution in [-0.4, -0.2) is 21.8 Å². The molecule has 0 radical (unpaired) electrons. The van der Waals surface area contributed by atoms with Gasteiger partial charge in [-0.05, 0) is 72.6 Å². The number of aliphatic hydroxyl groups is 2. The highest BCUT2D eigenvalue weighted by Gasteiger charge is 2.53. The van der Waals surface area contributed by atoms with Crippen molar-refractivity contribution in [1.29, 1.82) is 0 Å². The summed E-state index contributed by atoms with van der Waals surface area (Å²) in [7, 11) is 0. The van der Waals surface area contributed by atoms with Crippen LogP contribution in [0.25, 0.3) is 0 Å². The lowest BCUT2D eigenvalue weighted by atomic mass is 9.71. The molecule has 3 aliphatic rings. The summed E-state index contributed by atoms with van der Waals surface area (Å²) < 4.78 is 6.38. The van der Waals surface area contributed by atoms with Crippen LogP contribution in [0, 0.1) is 18.8 Å². The van der Waals surface area contributed by atoms with E-state index in [0.29, 0.717) is 23.2 Å². The summed E-state index contributed by atoms with van der Waals surface area (Å²) in [5.41, 5.74) is 2.26. The van der Waals surface area contributed by atoms with Crippen LogP contribution < -0.4 is 0 Å². The number of ether oxygens (including phenoxy) is 1. The smallest absolute Gasteiger partial charge is 0.349 e. The van der Waals surface area contributed by atoms with Gasteiger partial charge in [0, 0.05) is 11.3 Å². The predicted octanol–water partition coefficient (Wildman–Crippen LogP) is 6.71. The van der Waals surface area contributed by atoms with E-state index in [-0.39, 0.29) is 23.8 Å². The number of benzene rings is 1. The third-order valence-electron chi connectivity index (χ3n) is 7.89. The molecule has 0 atom stereocenters. The van der Waals surface area contributed by atoms with Crippen molar-refractivity contribution in [3.05, 3.63) is 39.5 Å². The zero-order valence-electron chi connectivity index (χ0n) is 20.0. The first kappa shape index (κ1) is 23.7. The fourth-order valence-electron chi connectivity index (χ4n) is 6.11. The number of carbonyl (C=O) groups excluding carboxylic acids is 1. The molecule has 5 heteroatoms. The van der Waals surface area contributed by atoms with E-state index in [1.165, 1.54) is 37.4 Å². The summed E-state index contributed by atoms with van der Waals surface area (Å²) >= 11 is 1.33. The van der Waals surface area contributed by atoms with Crippen molar-refractivity contribution in [2.24, 2.45) is 11.8 Å². The molecule has 2 aliphatic carbocycles. The Bertz CT molecular complexity index is 883. The van der Waals surface area contributed by atoms with E-state index in [0.717, 1.165) is 47.3 Å². The molecule has 4 rings (SSSR count). The Morgan fingerprint density at radius 3 is 2.09 bits per heavy atom. The molecule has 4 nitrogen and oxygen atoms in total. The monoisotopic (exact) mass is 458 g/mol. The highest BCUT2D eigenvalue weighted by atomic mass is 32.2. The zero-order chi connectivity index (χ0) is 23.1. The highest BCUT2D eigenvalue weighted by Crippen LogP contribution is 2.53. The number of thioether (sulfide) groups is 1. The molecule has 1 aromatic rings. The van der Waals surface area contributed by atoms with E-state index in [1.54, 1.807) is 0 Å². The molecule has 0 amide bonds. The van der Waals surface area contributed by atoms with Gasteiger partial charge in [0.1, 0.15) is 16.3 Å². The number of hydrogen-bond acceptors (Lipinski definition) is 5. The van der Waals surface area contributed by atoms with Crippen molar-refractivity contribution in [3.8, 4) is 0 Å². The van der Waals surface area contributed by atoms with Crippen LogP contribution in [0.1, 0.15) is 95.2 Å². The Balaban J connectivity index is 1.70. The van der Waals surface area contributed by atoms with Gasteiger partial charge in [-0.3, -0.25) is 0 Å². The van der Waals surface area contributed by atoms with Crippen molar-refractivity contribution in [1.82, 2.24) is 0 Å². The molecule has 176 valence electrons. The van der Waals surface area contributed by atoms with Crippen LogP contribution >= 0.6 is 11.8 Å². The van der Waals surface area contributed by atoms with Gasteiger partial charge in [-0.1, -0.05) is 64.3 Å². The van der Waals surface area contributed by atoms with E-state index in [4.69, 9.17) is 4.74 Å². The van der Waals surface area contributed by atoms with Gasteiger partial charge >= 0.3 is 5.97 Å². The maximum Gasteiger partial charge on any atom is 0.349 e. The molecule has 2 saturated carbocycles. The number of cyclic esters (lactones) is 1. The lowest BCUT2D eigenvalue weighted by Gasteiger charge is -2.45. The first-order valence-electron chi connectivity index (χ1n) is 12.2. The number of hydrogen-bond donors (Lipinski definition) is 2. The minimum absolute atomic E-state index is 0.0128. The minimum Gasteiger partial charge on any atom is -0.511 e.